The van der Waals surface area contributed by atoms with Gasteiger partial charge >= 0.3 is 0 Å². The summed E-state index contributed by atoms with van der Waals surface area (Å²) in [7, 11) is -3.89. The van der Waals surface area contributed by atoms with Gasteiger partial charge in [0.15, 0.2) is 17.5 Å². The molecular weight excluding hydrogens is 449 g/mol. The van der Waals surface area contributed by atoms with Crippen molar-refractivity contribution in [3.8, 4) is 0 Å². The number of carbonyl (C=O) groups excluding carboxylic acids is 2. The first-order chi connectivity index (χ1) is 15.2. The maximum absolute atomic E-state index is 13.6. The molecule has 12 heteroatoms. The highest BCUT2D eigenvalue weighted by atomic mass is 32.2. The summed E-state index contributed by atoms with van der Waals surface area (Å²) < 4.78 is 66.8. The zero-order valence-corrected chi connectivity index (χ0v) is 16.9. The Morgan fingerprint density at radius 3 is 2.19 bits per heavy atom. The molecule has 2 aromatic carbocycles. The normalized spacial score (nSPS) is 11.0. The minimum atomic E-state index is -3.89. The Labute approximate surface area is 180 Å². The topological polar surface area (TPSA) is 117 Å². The van der Waals surface area contributed by atoms with E-state index in [1.165, 1.54) is 48.8 Å². The first-order valence-corrected chi connectivity index (χ1v) is 10.4. The van der Waals surface area contributed by atoms with E-state index >= 15 is 0 Å². The number of nitrogens with one attached hydrogen (secondary N) is 3. The molecule has 3 aromatic rings. The van der Waals surface area contributed by atoms with Crippen molar-refractivity contribution in [3.05, 3.63) is 83.9 Å². The van der Waals surface area contributed by atoms with Crippen LogP contribution in [0.15, 0.2) is 65.8 Å². The number of carbonyl (C=O) groups is 2. The third kappa shape index (κ3) is 5.40. The molecule has 1 heterocycles. The first-order valence-electron chi connectivity index (χ1n) is 8.92. The van der Waals surface area contributed by atoms with Gasteiger partial charge in [-0.05, 0) is 48.5 Å². The van der Waals surface area contributed by atoms with Crippen molar-refractivity contribution in [1.29, 1.82) is 0 Å². The molecule has 0 aliphatic rings. The average molecular weight is 464 g/mol. The van der Waals surface area contributed by atoms with Crippen molar-refractivity contribution in [2.45, 2.75) is 4.90 Å². The number of hydrogen-bond acceptors (Lipinski definition) is 5. The molecular formula is C20H15F3N4O4S. The van der Waals surface area contributed by atoms with E-state index < -0.39 is 51.5 Å². The molecule has 0 radical (unpaired) electrons. The summed E-state index contributed by atoms with van der Waals surface area (Å²) in [5.74, 6) is -6.31. The second kappa shape index (κ2) is 9.47. The summed E-state index contributed by atoms with van der Waals surface area (Å²) in [6.45, 7) is -0.596. The SMILES string of the molecule is O=C(CNC(=O)c1ccc(S(=O)(=O)Nc2ccncc2)cc1)Nc1ccc(F)c(F)c1F. The van der Waals surface area contributed by atoms with Crippen LogP contribution in [0.1, 0.15) is 10.4 Å². The fraction of sp³-hybridized carbons (Fsp3) is 0.0500. The largest absolute Gasteiger partial charge is 0.343 e. The fourth-order valence-corrected chi connectivity index (χ4v) is 3.56. The van der Waals surface area contributed by atoms with E-state index in [-0.39, 0.29) is 10.5 Å². The van der Waals surface area contributed by atoms with Crippen LogP contribution in [0.5, 0.6) is 0 Å². The van der Waals surface area contributed by atoms with E-state index in [0.717, 1.165) is 6.07 Å². The summed E-state index contributed by atoms with van der Waals surface area (Å²) in [5, 5.41) is 4.26. The number of halogens is 3. The number of benzene rings is 2. The monoisotopic (exact) mass is 464 g/mol. The van der Waals surface area contributed by atoms with Crippen LogP contribution >= 0.6 is 0 Å². The first kappa shape index (κ1) is 22.7. The molecule has 0 saturated carbocycles. The number of rotatable bonds is 7. The van der Waals surface area contributed by atoms with Crippen LogP contribution in [0.2, 0.25) is 0 Å². The number of aromatic nitrogens is 1. The van der Waals surface area contributed by atoms with Crippen molar-refractivity contribution in [1.82, 2.24) is 10.3 Å². The van der Waals surface area contributed by atoms with Crippen LogP contribution in [-0.2, 0) is 14.8 Å². The zero-order chi connectivity index (χ0) is 23.3. The number of amides is 2. The zero-order valence-electron chi connectivity index (χ0n) is 16.1. The lowest BCUT2D eigenvalue weighted by molar-refractivity contribution is -0.115. The molecule has 166 valence electrons. The van der Waals surface area contributed by atoms with Crippen molar-refractivity contribution in [3.63, 3.8) is 0 Å². The second-order valence-corrected chi connectivity index (χ2v) is 8.00. The van der Waals surface area contributed by atoms with Crippen LogP contribution in [0, 0.1) is 17.5 Å². The Hall–Kier alpha value is -3.93. The Balaban J connectivity index is 1.59. The third-order valence-electron chi connectivity index (χ3n) is 4.08. The van der Waals surface area contributed by atoms with Crippen molar-refractivity contribution in [2.75, 3.05) is 16.6 Å². The molecule has 0 fully saturated rings. The minimum Gasteiger partial charge on any atom is -0.343 e. The standard InChI is InChI=1S/C20H15F3N4O4S/c21-15-5-6-16(19(23)18(15)22)26-17(28)11-25-20(29)12-1-3-14(4-2-12)32(30,31)27-13-7-9-24-10-8-13/h1-10H,11H2,(H,24,27)(H,25,29)(H,26,28). The lowest BCUT2D eigenvalue weighted by atomic mass is 10.2. The third-order valence-corrected chi connectivity index (χ3v) is 5.48. The summed E-state index contributed by atoms with van der Waals surface area (Å²) in [5.41, 5.74) is -0.218. The highest BCUT2D eigenvalue weighted by molar-refractivity contribution is 7.92. The van der Waals surface area contributed by atoms with E-state index in [1.54, 1.807) is 0 Å². The molecule has 2 amide bonds. The molecule has 8 nitrogen and oxygen atoms in total. The van der Waals surface area contributed by atoms with Crippen LogP contribution in [0.4, 0.5) is 24.5 Å². The molecule has 1 aromatic heterocycles. The van der Waals surface area contributed by atoms with Gasteiger partial charge < -0.3 is 10.6 Å². The van der Waals surface area contributed by atoms with E-state index in [0.29, 0.717) is 11.8 Å². The Morgan fingerprint density at radius 1 is 0.875 bits per heavy atom. The van der Waals surface area contributed by atoms with E-state index in [1.807, 2.05) is 5.32 Å². The molecule has 0 unspecified atom stereocenters. The molecule has 32 heavy (non-hydrogen) atoms. The van der Waals surface area contributed by atoms with Crippen molar-refractivity contribution >= 4 is 33.2 Å². The Bertz CT molecular complexity index is 1250. The van der Waals surface area contributed by atoms with Gasteiger partial charge in [-0.3, -0.25) is 19.3 Å². The number of pyridine rings is 1. The number of nitrogens with zero attached hydrogens (tertiary/aromatic N) is 1. The van der Waals surface area contributed by atoms with Crippen LogP contribution < -0.4 is 15.4 Å². The molecule has 3 rings (SSSR count). The van der Waals surface area contributed by atoms with Gasteiger partial charge in [0, 0.05) is 18.0 Å². The van der Waals surface area contributed by atoms with Gasteiger partial charge in [0.25, 0.3) is 15.9 Å². The minimum absolute atomic E-state index is 0.0552. The maximum Gasteiger partial charge on any atom is 0.261 e. The van der Waals surface area contributed by atoms with Gasteiger partial charge in [-0.2, -0.15) is 0 Å². The quantitative estimate of drug-likeness (QED) is 0.465. The molecule has 0 aliphatic heterocycles. The highest BCUT2D eigenvalue weighted by Gasteiger charge is 2.17. The number of sulfonamides is 1. The number of anilines is 2. The lowest BCUT2D eigenvalue weighted by Gasteiger charge is -2.10. The van der Waals surface area contributed by atoms with E-state index in [9.17, 15) is 31.2 Å². The van der Waals surface area contributed by atoms with Gasteiger partial charge in [0.1, 0.15) is 0 Å². The fourth-order valence-electron chi connectivity index (χ4n) is 2.50. The van der Waals surface area contributed by atoms with Crippen LogP contribution in [-0.4, -0.2) is 31.8 Å². The predicted molar refractivity (Wildman–Crippen MR) is 109 cm³/mol. The van der Waals surface area contributed by atoms with Crippen molar-refractivity contribution in [2.24, 2.45) is 0 Å². The molecule has 0 aliphatic carbocycles. The second-order valence-electron chi connectivity index (χ2n) is 6.32. The van der Waals surface area contributed by atoms with Gasteiger partial charge in [0.2, 0.25) is 5.91 Å². The average Bonchev–Trinajstić information content (AvgIpc) is 2.78. The van der Waals surface area contributed by atoms with Crippen molar-refractivity contribution < 1.29 is 31.2 Å². The predicted octanol–water partition coefficient (Wildman–Crippen LogP) is 2.67. The van der Waals surface area contributed by atoms with Crippen LogP contribution in [0.25, 0.3) is 0 Å². The smallest absolute Gasteiger partial charge is 0.261 e. The van der Waals surface area contributed by atoms with Gasteiger partial charge in [0.05, 0.1) is 22.8 Å². The molecule has 0 bridgehead atoms. The van der Waals surface area contributed by atoms with E-state index in [2.05, 4.69) is 15.0 Å². The summed E-state index contributed by atoms with van der Waals surface area (Å²) in [6.07, 6.45) is 2.84. The molecule has 0 atom stereocenters. The summed E-state index contributed by atoms with van der Waals surface area (Å²) in [6, 6.07) is 9.31. The van der Waals surface area contributed by atoms with E-state index in [4.69, 9.17) is 0 Å². The number of hydrogen-bond donors (Lipinski definition) is 3. The Morgan fingerprint density at radius 2 is 1.53 bits per heavy atom. The molecule has 0 spiro atoms. The van der Waals surface area contributed by atoms with Gasteiger partial charge in [-0.1, -0.05) is 0 Å². The summed E-state index contributed by atoms with van der Waals surface area (Å²) in [4.78, 5) is 27.7. The molecule has 0 saturated heterocycles. The molecule has 3 N–H and O–H groups in total. The van der Waals surface area contributed by atoms with Gasteiger partial charge in [-0.25, -0.2) is 21.6 Å². The highest BCUT2D eigenvalue weighted by Crippen LogP contribution is 2.19. The Kier molecular flexibility index (Phi) is 6.73. The maximum atomic E-state index is 13.6. The summed E-state index contributed by atoms with van der Waals surface area (Å²) >= 11 is 0. The van der Waals surface area contributed by atoms with Gasteiger partial charge in [-0.15, -0.1) is 0 Å². The lowest BCUT2D eigenvalue weighted by Crippen LogP contribution is -2.33. The van der Waals surface area contributed by atoms with Crippen LogP contribution in [0.3, 0.4) is 0 Å².